The Hall–Kier alpha value is -3.16. The number of carbonyl (C=O) groups excluding carboxylic acids is 2. The van der Waals surface area contributed by atoms with Gasteiger partial charge in [0.25, 0.3) is 5.91 Å². The van der Waals surface area contributed by atoms with Gasteiger partial charge >= 0.3 is 6.09 Å². The topological polar surface area (TPSA) is 83.0 Å². The van der Waals surface area contributed by atoms with Gasteiger partial charge in [0.05, 0.1) is 18.3 Å². The van der Waals surface area contributed by atoms with Gasteiger partial charge in [0.2, 0.25) is 0 Å². The number of nitrogens with zero attached hydrogens (tertiary/aromatic N) is 3. The van der Waals surface area contributed by atoms with Crippen molar-refractivity contribution < 1.29 is 23.8 Å². The number of ether oxygens (including phenoxy) is 1. The maximum absolute atomic E-state index is 13.2. The van der Waals surface area contributed by atoms with Crippen LogP contribution in [0.5, 0.6) is 5.75 Å². The summed E-state index contributed by atoms with van der Waals surface area (Å²) in [5, 5.41) is 9.53. The predicted molar refractivity (Wildman–Crippen MR) is 103 cm³/mol. The van der Waals surface area contributed by atoms with Crippen LogP contribution in [-0.2, 0) is 4.74 Å². The SMILES string of the molecule is C[C@@]1(C2CCN(C(=O)c3cncc(O)c3)CC2)CN(c2ccc(F)cc2)C(=O)O1. The van der Waals surface area contributed by atoms with E-state index in [1.54, 1.807) is 17.0 Å². The Kier molecular flexibility index (Phi) is 4.86. The fraction of sp³-hybridized carbons (Fsp3) is 0.381. The second-order valence-corrected chi connectivity index (χ2v) is 7.74. The second-order valence-electron chi connectivity index (χ2n) is 7.74. The van der Waals surface area contributed by atoms with Crippen LogP contribution in [0.15, 0.2) is 42.7 Å². The molecule has 8 heteroatoms. The second kappa shape index (κ2) is 7.35. The summed E-state index contributed by atoms with van der Waals surface area (Å²) in [6.07, 6.45) is 3.67. The van der Waals surface area contributed by atoms with Crippen molar-refractivity contribution >= 4 is 17.7 Å². The molecule has 0 radical (unpaired) electrons. The number of amides is 2. The fourth-order valence-electron chi connectivity index (χ4n) is 4.12. The zero-order chi connectivity index (χ0) is 20.6. The van der Waals surface area contributed by atoms with Crippen LogP contribution < -0.4 is 4.90 Å². The van der Waals surface area contributed by atoms with Crippen LogP contribution >= 0.6 is 0 Å². The van der Waals surface area contributed by atoms with Gasteiger partial charge in [0.1, 0.15) is 17.2 Å². The van der Waals surface area contributed by atoms with Crippen molar-refractivity contribution in [2.75, 3.05) is 24.5 Å². The van der Waals surface area contributed by atoms with Gasteiger partial charge in [-0.3, -0.25) is 14.7 Å². The first-order chi connectivity index (χ1) is 13.9. The summed E-state index contributed by atoms with van der Waals surface area (Å²) >= 11 is 0. The number of benzene rings is 1. The Morgan fingerprint density at radius 1 is 1.24 bits per heavy atom. The number of pyridine rings is 1. The average molecular weight is 399 g/mol. The number of likely N-dealkylation sites (tertiary alicyclic amines) is 1. The van der Waals surface area contributed by atoms with Crippen molar-refractivity contribution in [2.45, 2.75) is 25.4 Å². The van der Waals surface area contributed by atoms with Crippen molar-refractivity contribution in [3.05, 3.63) is 54.1 Å². The molecule has 0 unspecified atom stereocenters. The van der Waals surface area contributed by atoms with E-state index in [9.17, 15) is 19.1 Å². The number of piperidine rings is 1. The number of hydrogen-bond acceptors (Lipinski definition) is 5. The van der Waals surface area contributed by atoms with Gasteiger partial charge in [-0.2, -0.15) is 0 Å². The highest BCUT2D eigenvalue weighted by Gasteiger charge is 2.48. The number of hydrogen-bond donors (Lipinski definition) is 1. The molecule has 3 heterocycles. The van der Waals surface area contributed by atoms with E-state index in [4.69, 9.17) is 4.74 Å². The van der Waals surface area contributed by atoms with Crippen LogP contribution in [0, 0.1) is 11.7 Å². The standard InChI is InChI=1S/C21H22FN3O4/c1-21(13-25(20(28)29-21)17-4-2-16(22)3-5-17)15-6-8-24(9-7-15)19(27)14-10-18(26)12-23-11-14/h2-5,10-12,15,26H,6-9,13H2,1H3/t21-/m0/s1. The highest BCUT2D eigenvalue weighted by atomic mass is 19.1. The summed E-state index contributed by atoms with van der Waals surface area (Å²) in [5.41, 5.74) is 0.279. The third kappa shape index (κ3) is 3.74. The molecule has 0 bridgehead atoms. The molecule has 0 spiro atoms. The van der Waals surface area contributed by atoms with E-state index in [-0.39, 0.29) is 23.4 Å². The minimum atomic E-state index is -0.673. The molecule has 2 fully saturated rings. The molecule has 2 aliphatic rings. The highest BCUT2D eigenvalue weighted by Crippen LogP contribution is 2.38. The van der Waals surface area contributed by atoms with Gasteiger partial charge in [-0.15, -0.1) is 0 Å². The number of halogens is 1. The van der Waals surface area contributed by atoms with Crippen molar-refractivity contribution in [1.29, 1.82) is 0 Å². The molecule has 1 N–H and O–H groups in total. The van der Waals surface area contributed by atoms with Crippen LogP contribution in [0.3, 0.4) is 0 Å². The van der Waals surface area contributed by atoms with Crippen molar-refractivity contribution in [3.8, 4) is 5.75 Å². The highest BCUT2D eigenvalue weighted by molar-refractivity contribution is 5.94. The summed E-state index contributed by atoms with van der Waals surface area (Å²) in [6, 6.07) is 7.17. The average Bonchev–Trinajstić information content (AvgIpc) is 3.04. The Bertz CT molecular complexity index is 928. The van der Waals surface area contributed by atoms with Gasteiger partial charge in [-0.25, -0.2) is 9.18 Å². The summed E-state index contributed by atoms with van der Waals surface area (Å²) in [5.74, 6) is -0.475. The van der Waals surface area contributed by atoms with E-state index in [0.717, 1.165) is 0 Å². The summed E-state index contributed by atoms with van der Waals surface area (Å²) < 4.78 is 18.9. The molecular formula is C21H22FN3O4. The molecule has 4 rings (SSSR count). The Morgan fingerprint density at radius 2 is 1.93 bits per heavy atom. The van der Waals surface area contributed by atoms with Gasteiger partial charge in [-0.05, 0) is 50.1 Å². The third-order valence-corrected chi connectivity index (χ3v) is 5.77. The number of rotatable bonds is 3. The number of aromatic hydroxyl groups is 1. The Balaban J connectivity index is 1.41. The zero-order valence-corrected chi connectivity index (χ0v) is 16.0. The zero-order valence-electron chi connectivity index (χ0n) is 16.0. The minimum absolute atomic E-state index is 0.0444. The molecule has 2 aliphatic heterocycles. The van der Waals surface area contributed by atoms with Gasteiger partial charge in [-0.1, -0.05) is 0 Å². The van der Waals surface area contributed by atoms with E-state index in [0.29, 0.717) is 43.7 Å². The molecule has 152 valence electrons. The van der Waals surface area contributed by atoms with E-state index >= 15 is 0 Å². The molecule has 7 nitrogen and oxygen atoms in total. The van der Waals surface area contributed by atoms with Crippen LogP contribution in [0.4, 0.5) is 14.9 Å². The molecule has 1 aromatic heterocycles. The minimum Gasteiger partial charge on any atom is -0.506 e. The summed E-state index contributed by atoms with van der Waals surface area (Å²) in [4.78, 5) is 32.2. The smallest absolute Gasteiger partial charge is 0.415 e. The van der Waals surface area contributed by atoms with Crippen LogP contribution in [0.1, 0.15) is 30.1 Å². The van der Waals surface area contributed by atoms with Gasteiger partial charge in [0, 0.05) is 30.9 Å². The molecule has 1 aromatic carbocycles. The first kappa shape index (κ1) is 19.2. The fourth-order valence-corrected chi connectivity index (χ4v) is 4.12. The van der Waals surface area contributed by atoms with E-state index in [1.807, 2.05) is 6.92 Å². The lowest BCUT2D eigenvalue weighted by molar-refractivity contribution is -0.00452. The van der Waals surface area contributed by atoms with Crippen molar-refractivity contribution in [2.24, 2.45) is 5.92 Å². The molecule has 0 saturated carbocycles. The molecule has 2 saturated heterocycles. The third-order valence-electron chi connectivity index (χ3n) is 5.77. The lowest BCUT2D eigenvalue weighted by Crippen LogP contribution is -2.47. The number of carbonyl (C=O) groups is 2. The van der Waals surface area contributed by atoms with E-state index < -0.39 is 11.7 Å². The van der Waals surface area contributed by atoms with Gasteiger partial charge < -0.3 is 14.7 Å². The molecule has 2 aromatic rings. The predicted octanol–water partition coefficient (Wildman–Crippen LogP) is 3.19. The molecule has 0 aliphatic carbocycles. The monoisotopic (exact) mass is 399 g/mol. The van der Waals surface area contributed by atoms with Crippen LogP contribution in [0.25, 0.3) is 0 Å². The lowest BCUT2D eigenvalue weighted by Gasteiger charge is -2.39. The van der Waals surface area contributed by atoms with E-state index in [1.165, 1.54) is 35.5 Å². The molecule has 1 atom stereocenters. The van der Waals surface area contributed by atoms with Crippen LogP contribution in [0.2, 0.25) is 0 Å². The molecule has 2 amide bonds. The first-order valence-electron chi connectivity index (χ1n) is 9.55. The van der Waals surface area contributed by atoms with Crippen molar-refractivity contribution in [3.63, 3.8) is 0 Å². The van der Waals surface area contributed by atoms with Crippen LogP contribution in [-0.4, -0.2) is 52.2 Å². The largest absolute Gasteiger partial charge is 0.506 e. The summed E-state index contributed by atoms with van der Waals surface area (Å²) in [6.45, 7) is 3.36. The lowest BCUT2D eigenvalue weighted by atomic mass is 9.81. The molecule has 29 heavy (non-hydrogen) atoms. The van der Waals surface area contributed by atoms with E-state index in [2.05, 4.69) is 4.98 Å². The van der Waals surface area contributed by atoms with Gasteiger partial charge in [0.15, 0.2) is 0 Å². The quantitative estimate of drug-likeness (QED) is 0.857. The number of anilines is 1. The normalized spacial score (nSPS) is 22.6. The Morgan fingerprint density at radius 3 is 2.59 bits per heavy atom. The number of cyclic esters (lactones) is 1. The number of aromatic nitrogens is 1. The summed E-state index contributed by atoms with van der Waals surface area (Å²) in [7, 11) is 0. The van der Waals surface area contributed by atoms with Crippen molar-refractivity contribution in [1.82, 2.24) is 9.88 Å². The maximum atomic E-state index is 13.2. The Labute approximate surface area is 167 Å². The molecular weight excluding hydrogens is 377 g/mol. The maximum Gasteiger partial charge on any atom is 0.415 e. The first-order valence-corrected chi connectivity index (χ1v) is 9.55.